The van der Waals surface area contributed by atoms with Gasteiger partial charge in [-0.05, 0) is 43.6 Å². The van der Waals surface area contributed by atoms with Gasteiger partial charge in [-0.1, -0.05) is 44.2 Å². The normalized spacial score (nSPS) is 40.5. The molecule has 2 nitrogen and oxygen atoms in total. The minimum atomic E-state index is -0.0515. The first-order valence-corrected chi connectivity index (χ1v) is 7.81. The van der Waals surface area contributed by atoms with Crippen molar-refractivity contribution in [3.8, 4) is 0 Å². The SMILES string of the molecule is C[C@H]1C[C@@](C)(c2ccccc2)C[C@@H]2[C@@H]1N(C)OC2(C)C. The van der Waals surface area contributed by atoms with Gasteiger partial charge in [-0.2, -0.15) is 5.06 Å². The molecular formula is C18H27NO. The van der Waals surface area contributed by atoms with E-state index in [1.807, 2.05) is 0 Å². The second kappa shape index (κ2) is 4.57. The van der Waals surface area contributed by atoms with E-state index >= 15 is 0 Å². The highest BCUT2D eigenvalue weighted by Gasteiger charge is 2.55. The molecule has 1 aromatic rings. The van der Waals surface area contributed by atoms with Crippen LogP contribution in [0.5, 0.6) is 0 Å². The fraction of sp³-hybridized carbons (Fsp3) is 0.667. The van der Waals surface area contributed by atoms with Crippen LogP contribution in [0.2, 0.25) is 0 Å². The van der Waals surface area contributed by atoms with Gasteiger partial charge in [0.2, 0.25) is 0 Å². The molecule has 2 fully saturated rings. The average molecular weight is 273 g/mol. The zero-order valence-corrected chi connectivity index (χ0v) is 13.4. The van der Waals surface area contributed by atoms with Crippen molar-refractivity contribution in [2.75, 3.05) is 7.05 Å². The quantitative estimate of drug-likeness (QED) is 0.766. The van der Waals surface area contributed by atoms with Crippen molar-refractivity contribution < 1.29 is 4.84 Å². The summed E-state index contributed by atoms with van der Waals surface area (Å²) in [4.78, 5) is 6.13. The van der Waals surface area contributed by atoms with Gasteiger partial charge in [-0.15, -0.1) is 0 Å². The van der Waals surface area contributed by atoms with Crippen molar-refractivity contribution >= 4 is 0 Å². The summed E-state index contributed by atoms with van der Waals surface area (Å²) in [5, 5.41) is 2.12. The third-order valence-electron chi connectivity index (χ3n) is 5.60. The predicted molar refractivity (Wildman–Crippen MR) is 82.4 cm³/mol. The minimum Gasteiger partial charge on any atom is -0.293 e. The topological polar surface area (TPSA) is 12.5 Å². The van der Waals surface area contributed by atoms with Crippen LogP contribution in [-0.2, 0) is 10.3 Å². The van der Waals surface area contributed by atoms with Gasteiger partial charge in [0.05, 0.1) is 5.60 Å². The van der Waals surface area contributed by atoms with Crippen molar-refractivity contribution in [2.24, 2.45) is 11.8 Å². The highest BCUT2D eigenvalue weighted by molar-refractivity contribution is 5.27. The number of rotatable bonds is 1. The first-order valence-electron chi connectivity index (χ1n) is 7.81. The molecule has 1 aliphatic carbocycles. The summed E-state index contributed by atoms with van der Waals surface area (Å²) < 4.78 is 0. The number of benzene rings is 1. The van der Waals surface area contributed by atoms with Gasteiger partial charge in [0.1, 0.15) is 0 Å². The maximum atomic E-state index is 6.13. The van der Waals surface area contributed by atoms with E-state index in [0.717, 1.165) is 0 Å². The van der Waals surface area contributed by atoms with E-state index in [1.165, 1.54) is 18.4 Å². The molecule has 0 aromatic heterocycles. The Morgan fingerprint density at radius 1 is 1.10 bits per heavy atom. The Balaban J connectivity index is 1.95. The van der Waals surface area contributed by atoms with Gasteiger partial charge in [0.25, 0.3) is 0 Å². The Bertz CT molecular complexity index is 483. The third-order valence-corrected chi connectivity index (χ3v) is 5.60. The second-order valence-electron chi connectivity index (χ2n) is 7.65. The Morgan fingerprint density at radius 3 is 2.40 bits per heavy atom. The maximum absolute atomic E-state index is 6.13. The van der Waals surface area contributed by atoms with Crippen LogP contribution in [0, 0.1) is 11.8 Å². The lowest BCUT2D eigenvalue weighted by Crippen LogP contribution is -2.48. The number of hydrogen-bond donors (Lipinski definition) is 0. The van der Waals surface area contributed by atoms with E-state index in [4.69, 9.17) is 4.84 Å². The number of hydrogen-bond acceptors (Lipinski definition) is 2. The monoisotopic (exact) mass is 273 g/mol. The number of hydroxylamine groups is 2. The fourth-order valence-electron chi connectivity index (χ4n) is 4.76. The standard InChI is InChI=1S/C18H27NO/c1-13-11-18(4,14-9-7-6-8-10-14)12-15-16(13)19(5)20-17(15,2)3/h6-10,13,15-16H,11-12H2,1-5H3/t13-,15+,16+,18+/m0/s1. The molecule has 110 valence electrons. The van der Waals surface area contributed by atoms with Crippen molar-refractivity contribution in [2.45, 2.75) is 57.6 Å². The molecule has 1 aliphatic heterocycles. The summed E-state index contributed by atoms with van der Waals surface area (Å²) in [6.45, 7) is 9.32. The highest BCUT2D eigenvalue weighted by atomic mass is 16.7. The Morgan fingerprint density at radius 2 is 1.75 bits per heavy atom. The fourth-order valence-corrected chi connectivity index (χ4v) is 4.76. The third kappa shape index (κ3) is 2.10. The molecule has 4 atom stereocenters. The van der Waals surface area contributed by atoms with E-state index in [0.29, 0.717) is 17.9 Å². The van der Waals surface area contributed by atoms with Gasteiger partial charge in [-0.25, -0.2) is 0 Å². The molecule has 1 saturated heterocycles. The Labute approximate surface area is 123 Å². The first-order chi connectivity index (χ1) is 9.33. The first kappa shape index (κ1) is 14.1. The number of nitrogens with zero attached hydrogens (tertiary/aromatic N) is 1. The van der Waals surface area contributed by atoms with Crippen LogP contribution in [0.25, 0.3) is 0 Å². The molecule has 2 heteroatoms. The van der Waals surface area contributed by atoms with Crippen LogP contribution >= 0.6 is 0 Å². The molecule has 0 unspecified atom stereocenters. The molecule has 3 rings (SSSR count). The van der Waals surface area contributed by atoms with E-state index in [1.54, 1.807) is 0 Å². The Kier molecular flexibility index (Phi) is 3.22. The van der Waals surface area contributed by atoms with Gasteiger partial charge in [0.15, 0.2) is 0 Å². The summed E-state index contributed by atoms with van der Waals surface area (Å²) in [5.41, 5.74) is 1.70. The molecule has 0 N–H and O–H groups in total. The lowest BCUT2D eigenvalue weighted by molar-refractivity contribution is -0.182. The van der Waals surface area contributed by atoms with E-state index in [9.17, 15) is 0 Å². The summed E-state index contributed by atoms with van der Waals surface area (Å²) in [7, 11) is 2.11. The van der Waals surface area contributed by atoms with Crippen LogP contribution in [0.4, 0.5) is 0 Å². The van der Waals surface area contributed by atoms with Crippen molar-refractivity contribution in [1.82, 2.24) is 5.06 Å². The van der Waals surface area contributed by atoms with Crippen molar-refractivity contribution in [3.05, 3.63) is 35.9 Å². The van der Waals surface area contributed by atoms with Crippen molar-refractivity contribution in [3.63, 3.8) is 0 Å². The van der Waals surface area contributed by atoms with Crippen molar-refractivity contribution in [1.29, 1.82) is 0 Å². The second-order valence-corrected chi connectivity index (χ2v) is 7.65. The van der Waals surface area contributed by atoms with Crippen LogP contribution in [0.15, 0.2) is 30.3 Å². The van der Waals surface area contributed by atoms with E-state index in [-0.39, 0.29) is 11.0 Å². The molecule has 0 amide bonds. The molecule has 20 heavy (non-hydrogen) atoms. The number of fused-ring (bicyclic) bond motifs is 1. The van der Waals surface area contributed by atoms with Crippen LogP contribution in [0.3, 0.4) is 0 Å². The molecular weight excluding hydrogens is 246 g/mol. The molecule has 2 aliphatic rings. The molecule has 1 saturated carbocycles. The van der Waals surface area contributed by atoms with Gasteiger partial charge in [0, 0.05) is 19.0 Å². The molecule has 0 spiro atoms. The molecule has 1 aromatic carbocycles. The van der Waals surface area contributed by atoms with E-state index in [2.05, 4.69) is 70.1 Å². The molecule has 0 bridgehead atoms. The smallest absolute Gasteiger partial charge is 0.0887 e. The summed E-state index contributed by atoms with van der Waals surface area (Å²) in [6.07, 6.45) is 2.45. The van der Waals surface area contributed by atoms with Gasteiger partial charge < -0.3 is 0 Å². The average Bonchev–Trinajstić information content (AvgIpc) is 2.60. The zero-order valence-electron chi connectivity index (χ0n) is 13.4. The largest absolute Gasteiger partial charge is 0.293 e. The van der Waals surface area contributed by atoms with Crippen LogP contribution in [0.1, 0.15) is 46.1 Å². The molecule has 0 radical (unpaired) electrons. The lowest BCUT2D eigenvalue weighted by Gasteiger charge is -2.46. The summed E-state index contributed by atoms with van der Waals surface area (Å²) >= 11 is 0. The lowest BCUT2D eigenvalue weighted by atomic mass is 9.59. The summed E-state index contributed by atoms with van der Waals surface area (Å²) in [6, 6.07) is 11.6. The minimum absolute atomic E-state index is 0.0515. The maximum Gasteiger partial charge on any atom is 0.0887 e. The Hall–Kier alpha value is -0.860. The van der Waals surface area contributed by atoms with Gasteiger partial charge >= 0.3 is 0 Å². The van der Waals surface area contributed by atoms with Crippen LogP contribution < -0.4 is 0 Å². The summed E-state index contributed by atoms with van der Waals surface area (Å²) in [5.74, 6) is 1.26. The van der Waals surface area contributed by atoms with E-state index < -0.39 is 0 Å². The molecule has 1 heterocycles. The van der Waals surface area contributed by atoms with Crippen LogP contribution in [-0.4, -0.2) is 23.8 Å². The zero-order chi connectivity index (χ0) is 14.5. The van der Waals surface area contributed by atoms with Gasteiger partial charge in [-0.3, -0.25) is 4.84 Å². The predicted octanol–water partition coefficient (Wildman–Crippen LogP) is 4.01. The highest BCUT2D eigenvalue weighted by Crippen LogP contribution is 2.52.